The molecular formula is C21H23Cl2N3O2. The van der Waals surface area contributed by atoms with E-state index in [9.17, 15) is 9.59 Å². The van der Waals surface area contributed by atoms with E-state index in [1.807, 2.05) is 4.68 Å². The number of carbonyl (C=O) groups excluding carboxylic acids is 2. The molecule has 3 heterocycles. The van der Waals surface area contributed by atoms with Gasteiger partial charge >= 0.3 is 0 Å². The highest BCUT2D eigenvalue weighted by atomic mass is 35.5. The molecule has 0 aliphatic carbocycles. The van der Waals surface area contributed by atoms with Crippen LogP contribution in [0.15, 0.2) is 18.2 Å². The van der Waals surface area contributed by atoms with E-state index in [4.69, 9.17) is 28.3 Å². The van der Waals surface area contributed by atoms with Crippen LogP contribution in [0.4, 0.5) is 0 Å². The fourth-order valence-corrected chi connectivity index (χ4v) is 4.65. The minimum atomic E-state index is -0.106. The number of benzene rings is 1. The molecular weight excluding hydrogens is 397 g/mol. The first-order valence-electron chi connectivity index (χ1n) is 9.69. The van der Waals surface area contributed by atoms with Crippen molar-refractivity contribution in [2.45, 2.75) is 46.2 Å². The van der Waals surface area contributed by atoms with E-state index in [2.05, 4.69) is 13.8 Å². The molecule has 0 N–H and O–H groups in total. The zero-order chi connectivity index (χ0) is 20.0. The van der Waals surface area contributed by atoms with Crippen LogP contribution in [0.5, 0.6) is 0 Å². The van der Waals surface area contributed by atoms with Crippen LogP contribution in [-0.2, 0) is 19.5 Å². The minimum absolute atomic E-state index is 0.106. The molecule has 0 radical (unpaired) electrons. The van der Waals surface area contributed by atoms with Crippen LogP contribution in [0.1, 0.15) is 58.8 Å². The second-order valence-electron chi connectivity index (χ2n) is 8.18. The molecule has 5 nitrogen and oxygen atoms in total. The van der Waals surface area contributed by atoms with E-state index < -0.39 is 0 Å². The number of Topliss-reactive ketones (excluding diaryl/α,β-unsaturated/α-hetero) is 1. The molecule has 1 amide bonds. The van der Waals surface area contributed by atoms with Gasteiger partial charge in [0.1, 0.15) is 5.69 Å². The summed E-state index contributed by atoms with van der Waals surface area (Å²) in [4.78, 5) is 27.5. The SMILES string of the molecule is CC(C)CC1CC(=O)c2c3c(nn2C1)CCN(C(=O)c1ccc(Cl)c(Cl)c1)C3. The van der Waals surface area contributed by atoms with Gasteiger partial charge < -0.3 is 4.90 Å². The van der Waals surface area contributed by atoms with Gasteiger partial charge in [-0.2, -0.15) is 5.10 Å². The van der Waals surface area contributed by atoms with Crippen LogP contribution in [0.25, 0.3) is 0 Å². The molecule has 0 spiro atoms. The van der Waals surface area contributed by atoms with Crippen LogP contribution in [0.2, 0.25) is 10.0 Å². The third-order valence-electron chi connectivity index (χ3n) is 5.53. The van der Waals surface area contributed by atoms with Crippen molar-refractivity contribution in [2.24, 2.45) is 11.8 Å². The fraction of sp³-hybridized carbons (Fsp3) is 0.476. The topological polar surface area (TPSA) is 55.2 Å². The highest BCUT2D eigenvalue weighted by molar-refractivity contribution is 6.42. The van der Waals surface area contributed by atoms with Crippen LogP contribution in [-0.4, -0.2) is 32.9 Å². The van der Waals surface area contributed by atoms with Gasteiger partial charge in [0.15, 0.2) is 5.78 Å². The van der Waals surface area contributed by atoms with E-state index in [0.717, 1.165) is 24.2 Å². The molecule has 1 atom stereocenters. The lowest BCUT2D eigenvalue weighted by molar-refractivity contribution is 0.0730. The minimum Gasteiger partial charge on any atom is -0.334 e. The Kier molecular flexibility index (Phi) is 5.23. The number of nitrogens with zero attached hydrogens (tertiary/aromatic N) is 3. The van der Waals surface area contributed by atoms with Crippen molar-refractivity contribution in [1.29, 1.82) is 0 Å². The van der Waals surface area contributed by atoms with Gasteiger partial charge in [-0.3, -0.25) is 14.3 Å². The summed E-state index contributed by atoms with van der Waals surface area (Å²) in [6, 6.07) is 4.91. The number of hydrogen-bond donors (Lipinski definition) is 0. The van der Waals surface area contributed by atoms with Crippen molar-refractivity contribution in [3.8, 4) is 0 Å². The highest BCUT2D eigenvalue weighted by Crippen LogP contribution is 2.32. The molecule has 0 fully saturated rings. The summed E-state index contributed by atoms with van der Waals surface area (Å²) in [6.45, 7) is 6.13. The molecule has 7 heteroatoms. The number of amides is 1. The summed E-state index contributed by atoms with van der Waals surface area (Å²) < 4.78 is 1.89. The van der Waals surface area contributed by atoms with Gasteiger partial charge in [-0.25, -0.2) is 0 Å². The molecule has 1 aromatic carbocycles. The van der Waals surface area contributed by atoms with Gasteiger partial charge in [-0.1, -0.05) is 37.0 Å². The van der Waals surface area contributed by atoms with E-state index in [-0.39, 0.29) is 11.7 Å². The molecule has 0 bridgehead atoms. The van der Waals surface area contributed by atoms with Crippen LogP contribution in [0, 0.1) is 11.8 Å². The summed E-state index contributed by atoms with van der Waals surface area (Å²) in [5, 5.41) is 5.49. The third kappa shape index (κ3) is 3.58. The predicted molar refractivity (Wildman–Crippen MR) is 109 cm³/mol. The van der Waals surface area contributed by atoms with Crippen molar-refractivity contribution in [3.63, 3.8) is 0 Å². The van der Waals surface area contributed by atoms with Gasteiger partial charge in [0, 0.05) is 37.1 Å². The number of fused-ring (bicyclic) bond motifs is 3. The summed E-state index contributed by atoms with van der Waals surface area (Å²) in [7, 11) is 0. The largest absolute Gasteiger partial charge is 0.334 e. The molecule has 2 aromatic rings. The predicted octanol–water partition coefficient (Wildman–Crippen LogP) is 4.64. The maximum absolute atomic E-state index is 12.9. The van der Waals surface area contributed by atoms with E-state index in [0.29, 0.717) is 59.1 Å². The number of ketones is 1. The lowest BCUT2D eigenvalue weighted by atomic mass is 9.88. The summed E-state index contributed by atoms with van der Waals surface area (Å²) >= 11 is 12.0. The zero-order valence-corrected chi connectivity index (χ0v) is 17.6. The molecule has 0 saturated heterocycles. The molecule has 0 saturated carbocycles. The van der Waals surface area contributed by atoms with Crippen molar-refractivity contribution in [3.05, 3.63) is 50.8 Å². The number of aromatic nitrogens is 2. The Hall–Kier alpha value is -1.85. The Labute approximate surface area is 174 Å². The quantitative estimate of drug-likeness (QED) is 0.727. The molecule has 2 aliphatic heterocycles. The van der Waals surface area contributed by atoms with Crippen molar-refractivity contribution < 1.29 is 9.59 Å². The first-order valence-corrected chi connectivity index (χ1v) is 10.4. The monoisotopic (exact) mass is 419 g/mol. The highest BCUT2D eigenvalue weighted by Gasteiger charge is 2.34. The average Bonchev–Trinajstić information content (AvgIpc) is 3.00. The lowest BCUT2D eigenvalue weighted by Crippen LogP contribution is -2.36. The molecule has 28 heavy (non-hydrogen) atoms. The van der Waals surface area contributed by atoms with Gasteiger partial charge in [0.05, 0.1) is 22.3 Å². The Bertz CT molecular complexity index is 951. The summed E-state index contributed by atoms with van der Waals surface area (Å²) in [6.07, 6.45) is 2.25. The van der Waals surface area contributed by atoms with E-state index in [1.54, 1.807) is 23.1 Å². The standard InChI is InChI=1S/C21H23Cl2N3O2/c1-12(2)7-13-8-19(27)20-15-11-25(6-5-18(15)24-26(20)10-13)21(28)14-3-4-16(22)17(23)9-14/h3-4,9,12-13H,5-8,10-11H2,1-2H3. The molecule has 2 aliphatic rings. The first kappa shape index (κ1) is 19.5. The second-order valence-corrected chi connectivity index (χ2v) is 9.00. The van der Waals surface area contributed by atoms with Crippen molar-refractivity contribution in [2.75, 3.05) is 6.54 Å². The Morgan fingerprint density at radius 1 is 1.29 bits per heavy atom. The molecule has 4 rings (SSSR count). The van der Waals surface area contributed by atoms with Gasteiger partial charge in [-0.15, -0.1) is 0 Å². The third-order valence-corrected chi connectivity index (χ3v) is 6.27. The van der Waals surface area contributed by atoms with E-state index in [1.165, 1.54) is 0 Å². The number of halogens is 2. The first-order chi connectivity index (χ1) is 13.3. The fourth-order valence-electron chi connectivity index (χ4n) is 4.35. The smallest absolute Gasteiger partial charge is 0.254 e. The maximum atomic E-state index is 12.9. The molecule has 148 valence electrons. The Balaban J connectivity index is 1.58. The second kappa shape index (κ2) is 7.53. The summed E-state index contributed by atoms with van der Waals surface area (Å²) in [5.41, 5.74) is 3.06. The maximum Gasteiger partial charge on any atom is 0.254 e. The molecule has 1 unspecified atom stereocenters. The lowest BCUT2D eigenvalue weighted by Gasteiger charge is -2.28. The van der Waals surface area contributed by atoms with Crippen LogP contribution in [0.3, 0.4) is 0 Å². The Morgan fingerprint density at radius 3 is 2.79 bits per heavy atom. The molecule has 1 aromatic heterocycles. The number of carbonyl (C=O) groups is 2. The Morgan fingerprint density at radius 2 is 2.07 bits per heavy atom. The number of hydrogen-bond acceptors (Lipinski definition) is 3. The van der Waals surface area contributed by atoms with Gasteiger partial charge in [0.25, 0.3) is 5.91 Å². The van der Waals surface area contributed by atoms with Crippen LogP contribution >= 0.6 is 23.2 Å². The summed E-state index contributed by atoms with van der Waals surface area (Å²) in [5.74, 6) is 0.943. The van der Waals surface area contributed by atoms with Crippen LogP contribution < -0.4 is 0 Å². The average molecular weight is 420 g/mol. The normalized spacial score (nSPS) is 19.0. The zero-order valence-electron chi connectivity index (χ0n) is 16.0. The van der Waals surface area contributed by atoms with Gasteiger partial charge in [0.2, 0.25) is 0 Å². The van der Waals surface area contributed by atoms with Gasteiger partial charge in [-0.05, 0) is 36.5 Å². The van der Waals surface area contributed by atoms with Crippen molar-refractivity contribution in [1.82, 2.24) is 14.7 Å². The van der Waals surface area contributed by atoms with E-state index >= 15 is 0 Å². The van der Waals surface area contributed by atoms with Crippen molar-refractivity contribution >= 4 is 34.9 Å². The number of rotatable bonds is 3.